The van der Waals surface area contributed by atoms with Gasteiger partial charge in [0.05, 0.1) is 11.0 Å². The van der Waals surface area contributed by atoms with Gasteiger partial charge in [0.1, 0.15) is 0 Å². The third-order valence-corrected chi connectivity index (χ3v) is 5.37. The predicted octanol–water partition coefficient (Wildman–Crippen LogP) is 3.18. The minimum Gasteiger partial charge on any atom is -0.388 e. The fraction of sp³-hybridized carbons (Fsp3) is 0.588. The van der Waals surface area contributed by atoms with Gasteiger partial charge in [0.2, 0.25) is 5.91 Å². The van der Waals surface area contributed by atoms with Gasteiger partial charge in [-0.05, 0) is 49.8 Å². The van der Waals surface area contributed by atoms with Crippen molar-refractivity contribution in [1.29, 1.82) is 0 Å². The second kappa shape index (κ2) is 5.62. The highest BCUT2D eigenvalue weighted by molar-refractivity contribution is 6.30. The van der Waals surface area contributed by atoms with E-state index in [4.69, 9.17) is 11.6 Å². The van der Waals surface area contributed by atoms with Crippen LogP contribution in [0.5, 0.6) is 0 Å². The van der Waals surface area contributed by atoms with Gasteiger partial charge < -0.3 is 10.4 Å². The molecule has 4 heteroatoms. The molecule has 1 aromatic carbocycles. The summed E-state index contributed by atoms with van der Waals surface area (Å²) < 4.78 is 0. The van der Waals surface area contributed by atoms with E-state index < -0.39 is 11.0 Å². The third-order valence-electron chi connectivity index (χ3n) is 5.13. The normalized spacial score (nSPS) is 22.6. The lowest BCUT2D eigenvalue weighted by Crippen LogP contribution is -2.52. The van der Waals surface area contributed by atoms with E-state index >= 15 is 0 Å². The maximum absolute atomic E-state index is 12.8. The molecule has 3 nitrogen and oxygen atoms in total. The molecule has 3 rings (SSSR count). The molecule has 21 heavy (non-hydrogen) atoms. The van der Waals surface area contributed by atoms with E-state index in [1.165, 1.54) is 0 Å². The molecular formula is C17H22ClNO2. The van der Waals surface area contributed by atoms with E-state index in [1.807, 2.05) is 24.3 Å². The molecule has 0 bridgehead atoms. The second-order valence-corrected chi connectivity index (χ2v) is 7.00. The summed E-state index contributed by atoms with van der Waals surface area (Å²) in [7, 11) is 0. The number of rotatable bonds is 4. The van der Waals surface area contributed by atoms with Gasteiger partial charge in [-0.15, -0.1) is 0 Å². The van der Waals surface area contributed by atoms with Crippen molar-refractivity contribution >= 4 is 17.5 Å². The number of amides is 1. The molecule has 0 atom stereocenters. The van der Waals surface area contributed by atoms with E-state index in [2.05, 4.69) is 5.32 Å². The molecule has 2 N–H and O–H groups in total. The molecular weight excluding hydrogens is 286 g/mol. The lowest BCUT2D eigenvalue weighted by Gasteiger charge is -2.38. The summed E-state index contributed by atoms with van der Waals surface area (Å²) in [6.45, 7) is 0.369. The lowest BCUT2D eigenvalue weighted by molar-refractivity contribution is -0.129. The predicted molar refractivity (Wildman–Crippen MR) is 83.4 cm³/mol. The van der Waals surface area contributed by atoms with Crippen molar-refractivity contribution in [1.82, 2.24) is 5.32 Å². The quantitative estimate of drug-likeness (QED) is 0.897. The monoisotopic (exact) mass is 307 g/mol. The van der Waals surface area contributed by atoms with Crippen molar-refractivity contribution in [2.24, 2.45) is 0 Å². The molecule has 0 unspecified atom stereocenters. The van der Waals surface area contributed by atoms with Crippen molar-refractivity contribution in [2.75, 3.05) is 6.54 Å². The van der Waals surface area contributed by atoms with Crippen molar-refractivity contribution in [2.45, 2.75) is 56.0 Å². The van der Waals surface area contributed by atoms with Gasteiger partial charge >= 0.3 is 0 Å². The van der Waals surface area contributed by atoms with E-state index in [-0.39, 0.29) is 5.91 Å². The Hall–Kier alpha value is -1.06. The number of carbonyl (C=O) groups is 1. The largest absolute Gasteiger partial charge is 0.388 e. The van der Waals surface area contributed by atoms with Crippen LogP contribution in [-0.2, 0) is 10.2 Å². The Morgan fingerprint density at radius 3 is 2.48 bits per heavy atom. The average Bonchev–Trinajstić information content (AvgIpc) is 2.93. The van der Waals surface area contributed by atoms with Crippen molar-refractivity contribution in [3.63, 3.8) is 0 Å². The summed E-state index contributed by atoms with van der Waals surface area (Å²) in [6, 6.07) is 7.65. The minimum absolute atomic E-state index is 0.0441. The Labute approximate surface area is 130 Å². The van der Waals surface area contributed by atoms with Crippen molar-refractivity contribution in [3.8, 4) is 0 Å². The highest BCUT2D eigenvalue weighted by Gasteiger charge is 2.44. The highest BCUT2D eigenvalue weighted by Crippen LogP contribution is 2.42. The van der Waals surface area contributed by atoms with Crippen LogP contribution in [0.2, 0.25) is 5.02 Å². The van der Waals surface area contributed by atoms with Crippen LogP contribution >= 0.6 is 11.6 Å². The summed E-state index contributed by atoms with van der Waals surface area (Å²) in [4.78, 5) is 12.8. The maximum atomic E-state index is 12.8. The topological polar surface area (TPSA) is 49.3 Å². The molecule has 114 valence electrons. The zero-order valence-corrected chi connectivity index (χ0v) is 13.0. The molecule has 0 aromatic heterocycles. The Morgan fingerprint density at radius 1 is 1.19 bits per heavy atom. The molecule has 2 aliphatic carbocycles. The number of aliphatic hydroxyl groups is 1. The Bertz CT molecular complexity index is 533. The Kier molecular flexibility index (Phi) is 3.98. The number of halogens is 1. The first-order valence-electron chi connectivity index (χ1n) is 7.81. The van der Waals surface area contributed by atoms with Gasteiger partial charge in [-0.3, -0.25) is 4.79 Å². The van der Waals surface area contributed by atoms with E-state index in [0.29, 0.717) is 11.6 Å². The van der Waals surface area contributed by atoms with Crippen LogP contribution in [0.15, 0.2) is 24.3 Å². The number of nitrogens with one attached hydrogen (secondary N) is 1. The number of hydrogen-bond acceptors (Lipinski definition) is 2. The second-order valence-electron chi connectivity index (χ2n) is 6.56. The fourth-order valence-electron chi connectivity index (χ4n) is 3.59. The van der Waals surface area contributed by atoms with Crippen LogP contribution in [0.3, 0.4) is 0 Å². The Balaban J connectivity index is 1.78. The first kappa shape index (κ1) is 14.9. The molecule has 0 spiro atoms. The first-order chi connectivity index (χ1) is 10.0. The number of hydrogen-bond donors (Lipinski definition) is 2. The van der Waals surface area contributed by atoms with Crippen molar-refractivity contribution in [3.05, 3.63) is 34.9 Å². The van der Waals surface area contributed by atoms with Crippen LogP contribution in [-0.4, -0.2) is 23.2 Å². The van der Waals surface area contributed by atoms with Gasteiger partial charge in [-0.1, -0.05) is 36.6 Å². The molecule has 1 aromatic rings. The smallest absolute Gasteiger partial charge is 0.230 e. The summed E-state index contributed by atoms with van der Waals surface area (Å²) in [5, 5.41) is 13.8. The van der Waals surface area contributed by atoms with Gasteiger partial charge in [-0.25, -0.2) is 0 Å². The molecule has 1 amide bonds. The van der Waals surface area contributed by atoms with Crippen molar-refractivity contribution < 1.29 is 9.90 Å². The summed E-state index contributed by atoms with van der Waals surface area (Å²) in [5.74, 6) is 0.0441. The van der Waals surface area contributed by atoms with Crippen LogP contribution in [0.25, 0.3) is 0 Å². The lowest BCUT2D eigenvalue weighted by atomic mass is 9.76. The molecule has 0 radical (unpaired) electrons. The molecule has 2 aliphatic rings. The molecule has 0 aliphatic heterocycles. The number of benzene rings is 1. The molecule has 0 heterocycles. The highest BCUT2D eigenvalue weighted by atomic mass is 35.5. The molecule has 0 saturated heterocycles. The summed E-state index contributed by atoms with van der Waals surface area (Å²) in [5.41, 5.74) is -0.139. The average molecular weight is 308 g/mol. The van der Waals surface area contributed by atoms with Crippen LogP contribution in [0.1, 0.15) is 50.5 Å². The van der Waals surface area contributed by atoms with Gasteiger partial charge in [0.25, 0.3) is 0 Å². The van der Waals surface area contributed by atoms with Crippen LogP contribution in [0.4, 0.5) is 0 Å². The third kappa shape index (κ3) is 2.82. The minimum atomic E-state index is -0.677. The van der Waals surface area contributed by atoms with Crippen LogP contribution in [0, 0.1) is 0 Å². The zero-order valence-electron chi connectivity index (χ0n) is 12.2. The summed E-state index contributed by atoms with van der Waals surface area (Å²) >= 11 is 6.10. The standard InChI is InChI=1S/C17H22ClNO2/c18-14-6-3-5-13(11-14)17(9-1-2-10-17)15(20)19-12-16(21)7-4-8-16/h3,5-6,11,21H,1-2,4,7-10,12H2,(H,19,20). The SMILES string of the molecule is O=C(NCC1(O)CCC1)C1(c2cccc(Cl)c2)CCCC1. The van der Waals surface area contributed by atoms with Gasteiger partial charge in [-0.2, -0.15) is 0 Å². The van der Waals surface area contributed by atoms with E-state index in [0.717, 1.165) is 50.5 Å². The van der Waals surface area contributed by atoms with E-state index in [1.54, 1.807) is 0 Å². The molecule has 2 fully saturated rings. The fourth-order valence-corrected chi connectivity index (χ4v) is 3.78. The maximum Gasteiger partial charge on any atom is 0.230 e. The molecule has 2 saturated carbocycles. The van der Waals surface area contributed by atoms with Gasteiger partial charge in [0, 0.05) is 11.6 Å². The van der Waals surface area contributed by atoms with Gasteiger partial charge in [0.15, 0.2) is 0 Å². The summed E-state index contributed by atoms with van der Waals surface area (Å²) in [6.07, 6.45) is 6.46. The zero-order chi connectivity index (χ0) is 14.9. The van der Waals surface area contributed by atoms with E-state index in [9.17, 15) is 9.90 Å². The van der Waals surface area contributed by atoms with Crippen LogP contribution < -0.4 is 5.32 Å². The Morgan fingerprint density at radius 2 is 1.90 bits per heavy atom. The number of carbonyl (C=O) groups excluding carboxylic acids is 1. The first-order valence-corrected chi connectivity index (χ1v) is 8.19.